The van der Waals surface area contributed by atoms with E-state index in [2.05, 4.69) is 12.2 Å². The molecule has 0 spiro atoms. The van der Waals surface area contributed by atoms with Crippen molar-refractivity contribution in [1.29, 1.82) is 0 Å². The van der Waals surface area contributed by atoms with Gasteiger partial charge in [-0.1, -0.05) is 0 Å². The molecule has 57 valence electrons. The van der Waals surface area contributed by atoms with Crippen molar-refractivity contribution in [3.8, 4) is 0 Å². The van der Waals surface area contributed by atoms with Gasteiger partial charge in [0.1, 0.15) is 6.10 Å². The van der Waals surface area contributed by atoms with E-state index >= 15 is 0 Å². The molecule has 0 bridgehead atoms. The molecular formula is C7H12NO2. The Hall–Kier alpha value is -0.570. The minimum atomic E-state index is -0.174. The Labute approximate surface area is 60.7 Å². The molecule has 0 aromatic rings. The molecule has 0 aromatic carbocycles. The van der Waals surface area contributed by atoms with Crippen LogP contribution in [-0.2, 0) is 9.53 Å². The van der Waals surface area contributed by atoms with Crippen LogP contribution in [0.25, 0.3) is 0 Å². The molecule has 1 saturated heterocycles. The highest BCUT2D eigenvalue weighted by atomic mass is 16.5. The first-order chi connectivity index (χ1) is 4.84. The Bertz CT molecular complexity index is 110. The third kappa shape index (κ3) is 1.70. The molecule has 1 heterocycles. The number of carbonyl (C=O) groups excluding carboxylic acids is 1. The van der Waals surface area contributed by atoms with Gasteiger partial charge in [-0.05, 0) is 19.9 Å². The van der Waals surface area contributed by atoms with E-state index in [1.165, 1.54) is 0 Å². The molecule has 0 amide bonds. The summed E-state index contributed by atoms with van der Waals surface area (Å²) in [6.45, 7) is 6.12. The molecule has 1 aliphatic rings. The summed E-state index contributed by atoms with van der Waals surface area (Å²) in [7, 11) is 0. The summed E-state index contributed by atoms with van der Waals surface area (Å²) < 4.78 is 4.69. The van der Waals surface area contributed by atoms with Gasteiger partial charge < -0.3 is 10.1 Å². The van der Waals surface area contributed by atoms with Crippen molar-refractivity contribution >= 4 is 6.47 Å². The first-order valence-corrected chi connectivity index (χ1v) is 3.47. The highest BCUT2D eigenvalue weighted by molar-refractivity contribution is 5.37. The van der Waals surface area contributed by atoms with E-state index in [9.17, 15) is 4.79 Å². The smallest absolute Gasteiger partial charge is 0.293 e. The Morgan fingerprint density at radius 2 is 2.60 bits per heavy atom. The molecule has 0 saturated carbocycles. The van der Waals surface area contributed by atoms with E-state index in [0.29, 0.717) is 12.4 Å². The topological polar surface area (TPSA) is 38.3 Å². The molecule has 1 radical (unpaired) electrons. The van der Waals surface area contributed by atoms with E-state index in [1.807, 2.05) is 0 Å². The average Bonchev–Trinajstić information content (AvgIpc) is 2.38. The molecule has 0 aromatic heterocycles. The van der Waals surface area contributed by atoms with Gasteiger partial charge in [-0.15, -0.1) is 0 Å². The third-order valence-corrected chi connectivity index (χ3v) is 1.85. The molecule has 3 nitrogen and oxygen atoms in total. The first kappa shape index (κ1) is 7.54. The monoisotopic (exact) mass is 142 g/mol. The molecule has 1 aliphatic heterocycles. The molecule has 3 heteroatoms. The maximum Gasteiger partial charge on any atom is 0.293 e. The predicted molar refractivity (Wildman–Crippen MR) is 37.3 cm³/mol. The van der Waals surface area contributed by atoms with Crippen LogP contribution in [0.2, 0.25) is 0 Å². The van der Waals surface area contributed by atoms with E-state index < -0.39 is 0 Å². The SMILES string of the molecule is [CH2]C(OC=O)C1CCNC1. The van der Waals surface area contributed by atoms with Crippen LogP contribution in [0.1, 0.15) is 6.42 Å². The van der Waals surface area contributed by atoms with Crippen LogP contribution in [0.3, 0.4) is 0 Å². The number of hydrogen-bond acceptors (Lipinski definition) is 3. The zero-order valence-electron chi connectivity index (χ0n) is 5.88. The fraction of sp³-hybridized carbons (Fsp3) is 0.714. The minimum Gasteiger partial charge on any atom is -0.464 e. The zero-order valence-corrected chi connectivity index (χ0v) is 5.88. The van der Waals surface area contributed by atoms with Crippen LogP contribution in [-0.4, -0.2) is 25.7 Å². The van der Waals surface area contributed by atoms with E-state index in [0.717, 1.165) is 19.5 Å². The largest absolute Gasteiger partial charge is 0.464 e. The number of carbonyl (C=O) groups is 1. The maximum atomic E-state index is 9.89. The summed E-state index contributed by atoms with van der Waals surface area (Å²) >= 11 is 0. The van der Waals surface area contributed by atoms with Gasteiger partial charge >= 0.3 is 0 Å². The van der Waals surface area contributed by atoms with Crippen molar-refractivity contribution in [1.82, 2.24) is 5.32 Å². The zero-order chi connectivity index (χ0) is 7.40. The quantitative estimate of drug-likeness (QED) is 0.562. The van der Waals surface area contributed by atoms with Gasteiger partial charge in [-0.3, -0.25) is 4.79 Å². The Morgan fingerprint density at radius 3 is 3.10 bits per heavy atom. The van der Waals surface area contributed by atoms with Crippen LogP contribution in [0.4, 0.5) is 0 Å². The molecule has 2 unspecified atom stereocenters. The number of hydrogen-bond donors (Lipinski definition) is 1. The van der Waals surface area contributed by atoms with E-state index in [4.69, 9.17) is 4.74 Å². The van der Waals surface area contributed by atoms with Crippen molar-refractivity contribution in [2.24, 2.45) is 5.92 Å². The summed E-state index contributed by atoms with van der Waals surface area (Å²) in [6, 6.07) is 0. The number of rotatable bonds is 3. The Balaban J connectivity index is 2.24. The van der Waals surface area contributed by atoms with E-state index in [-0.39, 0.29) is 6.10 Å². The van der Waals surface area contributed by atoms with Gasteiger partial charge in [0.2, 0.25) is 0 Å². The second kappa shape index (κ2) is 3.56. The van der Waals surface area contributed by atoms with Gasteiger partial charge in [-0.2, -0.15) is 0 Å². The molecule has 1 N–H and O–H groups in total. The average molecular weight is 142 g/mol. The van der Waals surface area contributed by atoms with Crippen molar-refractivity contribution < 1.29 is 9.53 Å². The van der Waals surface area contributed by atoms with Crippen LogP contribution in [0, 0.1) is 12.8 Å². The van der Waals surface area contributed by atoms with Crippen molar-refractivity contribution in [2.75, 3.05) is 13.1 Å². The molecular weight excluding hydrogens is 130 g/mol. The lowest BCUT2D eigenvalue weighted by molar-refractivity contribution is -0.133. The highest BCUT2D eigenvalue weighted by Crippen LogP contribution is 2.13. The van der Waals surface area contributed by atoms with Crippen molar-refractivity contribution in [3.05, 3.63) is 6.92 Å². The van der Waals surface area contributed by atoms with Crippen molar-refractivity contribution in [2.45, 2.75) is 12.5 Å². The maximum absolute atomic E-state index is 9.89. The lowest BCUT2D eigenvalue weighted by Crippen LogP contribution is -2.22. The summed E-state index contributed by atoms with van der Waals surface area (Å²) in [4.78, 5) is 9.89. The van der Waals surface area contributed by atoms with Crippen LogP contribution in [0.5, 0.6) is 0 Å². The highest BCUT2D eigenvalue weighted by Gasteiger charge is 2.21. The van der Waals surface area contributed by atoms with Gasteiger partial charge in [0, 0.05) is 12.5 Å². The third-order valence-electron chi connectivity index (χ3n) is 1.85. The summed E-state index contributed by atoms with van der Waals surface area (Å²) in [5.74, 6) is 0.408. The summed E-state index contributed by atoms with van der Waals surface area (Å²) in [6.07, 6.45) is 0.884. The Kier molecular flexibility index (Phi) is 2.68. The van der Waals surface area contributed by atoms with Gasteiger partial charge in [0.15, 0.2) is 0 Å². The van der Waals surface area contributed by atoms with Crippen LogP contribution < -0.4 is 5.32 Å². The lowest BCUT2D eigenvalue weighted by Gasteiger charge is -2.14. The van der Waals surface area contributed by atoms with Gasteiger partial charge in [0.05, 0.1) is 0 Å². The lowest BCUT2D eigenvalue weighted by atomic mass is 10.0. The molecule has 10 heavy (non-hydrogen) atoms. The number of nitrogens with one attached hydrogen (secondary N) is 1. The van der Waals surface area contributed by atoms with Gasteiger partial charge in [0.25, 0.3) is 6.47 Å². The fourth-order valence-electron chi connectivity index (χ4n) is 1.18. The second-order valence-electron chi connectivity index (χ2n) is 2.52. The summed E-state index contributed by atoms with van der Waals surface area (Å²) in [5.41, 5.74) is 0. The standard InChI is InChI=1S/C7H12NO2/c1-6(10-5-9)7-2-3-8-4-7/h5-8H,1-4H2. The molecule has 1 fully saturated rings. The van der Waals surface area contributed by atoms with E-state index in [1.54, 1.807) is 0 Å². The molecule has 1 rings (SSSR count). The second-order valence-corrected chi connectivity index (χ2v) is 2.52. The summed E-state index contributed by atoms with van der Waals surface area (Å²) in [5, 5.41) is 3.18. The molecule has 2 atom stereocenters. The number of ether oxygens (including phenoxy) is 1. The van der Waals surface area contributed by atoms with Gasteiger partial charge in [-0.25, -0.2) is 0 Å². The first-order valence-electron chi connectivity index (χ1n) is 3.47. The van der Waals surface area contributed by atoms with Crippen molar-refractivity contribution in [3.63, 3.8) is 0 Å². The normalized spacial score (nSPS) is 27.9. The fourth-order valence-corrected chi connectivity index (χ4v) is 1.18. The van der Waals surface area contributed by atoms with Crippen LogP contribution >= 0.6 is 0 Å². The Morgan fingerprint density at radius 1 is 1.80 bits per heavy atom. The minimum absolute atomic E-state index is 0.174. The van der Waals surface area contributed by atoms with Crippen LogP contribution in [0.15, 0.2) is 0 Å². The molecule has 0 aliphatic carbocycles. The predicted octanol–water partition coefficient (Wildman–Crippen LogP) is -0.0284.